The molecule has 4 heteroatoms. The standard InChI is InChI=1S/C15H31N3O/c1-5-10-17-15(3,14(16)19)11-12(2)18(4)13-8-6-7-9-13/h12-13,17H,5-11H2,1-4H3,(H2,16,19). The van der Waals surface area contributed by atoms with Gasteiger partial charge in [0.15, 0.2) is 0 Å². The number of nitrogens with one attached hydrogen (secondary N) is 1. The van der Waals surface area contributed by atoms with Gasteiger partial charge in [0.2, 0.25) is 5.91 Å². The quantitative estimate of drug-likeness (QED) is 0.707. The molecule has 2 atom stereocenters. The van der Waals surface area contributed by atoms with E-state index in [4.69, 9.17) is 5.73 Å². The highest BCUT2D eigenvalue weighted by molar-refractivity contribution is 5.84. The van der Waals surface area contributed by atoms with Crippen LogP contribution in [-0.4, -0.2) is 42.0 Å². The summed E-state index contributed by atoms with van der Waals surface area (Å²) in [5.74, 6) is -0.243. The van der Waals surface area contributed by atoms with Crippen LogP contribution >= 0.6 is 0 Å². The van der Waals surface area contributed by atoms with Crippen LogP contribution in [0.15, 0.2) is 0 Å². The fourth-order valence-electron chi connectivity index (χ4n) is 3.07. The number of primary amides is 1. The Morgan fingerprint density at radius 1 is 1.47 bits per heavy atom. The Labute approximate surface area is 118 Å². The number of carbonyl (C=O) groups excluding carboxylic acids is 1. The van der Waals surface area contributed by atoms with Gasteiger partial charge in [0, 0.05) is 12.1 Å². The number of hydrogen-bond acceptors (Lipinski definition) is 3. The number of rotatable bonds is 8. The number of hydrogen-bond donors (Lipinski definition) is 2. The first kappa shape index (κ1) is 16.4. The van der Waals surface area contributed by atoms with E-state index in [2.05, 4.69) is 31.1 Å². The van der Waals surface area contributed by atoms with Crippen LogP contribution in [0, 0.1) is 0 Å². The van der Waals surface area contributed by atoms with Gasteiger partial charge in [0.05, 0.1) is 5.54 Å². The third-order valence-corrected chi connectivity index (χ3v) is 4.61. The van der Waals surface area contributed by atoms with Gasteiger partial charge >= 0.3 is 0 Å². The molecule has 1 amide bonds. The second kappa shape index (κ2) is 7.25. The van der Waals surface area contributed by atoms with Crippen molar-refractivity contribution in [2.24, 2.45) is 5.73 Å². The SMILES string of the molecule is CCCNC(C)(CC(C)N(C)C1CCCC1)C(N)=O. The second-order valence-corrected chi connectivity index (χ2v) is 6.28. The van der Waals surface area contributed by atoms with Crippen LogP contribution in [0.3, 0.4) is 0 Å². The van der Waals surface area contributed by atoms with Crippen molar-refractivity contribution in [3.05, 3.63) is 0 Å². The molecule has 4 nitrogen and oxygen atoms in total. The summed E-state index contributed by atoms with van der Waals surface area (Å²) >= 11 is 0. The predicted octanol–water partition coefficient (Wildman–Crippen LogP) is 1.88. The number of amides is 1. The van der Waals surface area contributed by atoms with Crippen molar-refractivity contribution in [2.75, 3.05) is 13.6 Å². The van der Waals surface area contributed by atoms with Gasteiger partial charge in [-0.3, -0.25) is 4.79 Å². The normalized spacial score (nSPS) is 21.5. The molecule has 1 saturated carbocycles. The lowest BCUT2D eigenvalue weighted by Crippen LogP contribution is -2.56. The van der Waals surface area contributed by atoms with Gasteiger partial charge in [-0.25, -0.2) is 0 Å². The van der Waals surface area contributed by atoms with Crippen LogP contribution in [0.25, 0.3) is 0 Å². The van der Waals surface area contributed by atoms with E-state index in [-0.39, 0.29) is 5.91 Å². The van der Waals surface area contributed by atoms with Crippen LogP contribution in [0.1, 0.15) is 59.3 Å². The van der Waals surface area contributed by atoms with Gasteiger partial charge in [0.1, 0.15) is 0 Å². The molecule has 0 aromatic rings. The average molecular weight is 269 g/mol. The first-order valence-corrected chi connectivity index (χ1v) is 7.67. The highest BCUT2D eigenvalue weighted by Gasteiger charge is 2.34. The summed E-state index contributed by atoms with van der Waals surface area (Å²) < 4.78 is 0. The average Bonchev–Trinajstić information content (AvgIpc) is 2.88. The van der Waals surface area contributed by atoms with E-state index in [1.54, 1.807) is 0 Å². The zero-order valence-corrected chi connectivity index (χ0v) is 13.0. The highest BCUT2D eigenvalue weighted by Crippen LogP contribution is 2.26. The first-order valence-electron chi connectivity index (χ1n) is 7.67. The molecule has 1 aliphatic carbocycles. The molecule has 1 aliphatic rings. The molecule has 0 heterocycles. The zero-order valence-electron chi connectivity index (χ0n) is 13.0. The van der Waals surface area contributed by atoms with E-state index in [1.807, 2.05) is 6.92 Å². The number of nitrogens with two attached hydrogens (primary N) is 1. The summed E-state index contributed by atoms with van der Waals surface area (Å²) in [6.45, 7) is 7.07. The first-order chi connectivity index (χ1) is 8.90. The van der Waals surface area contributed by atoms with Crippen molar-refractivity contribution in [1.29, 1.82) is 0 Å². The monoisotopic (exact) mass is 269 g/mol. The minimum Gasteiger partial charge on any atom is -0.368 e. The minimum absolute atomic E-state index is 0.243. The van der Waals surface area contributed by atoms with E-state index in [0.29, 0.717) is 12.1 Å². The Morgan fingerprint density at radius 2 is 2.05 bits per heavy atom. The van der Waals surface area contributed by atoms with Crippen LogP contribution in [0.5, 0.6) is 0 Å². The van der Waals surface area contributed by atoms with Crippen molar-refractivity contribution in [3.8, 4) is 0 Å². The van der Waals surface area contributed by atoms with E-state index in [0.717, 1.165) is 19.4 Å². The van der Waals surface area contributed by atoms with Crippen molar-refractivity contribution in [1.82, 2.24) is 10.2 Å². The molecule has 0 saturated heterocycles. The summed E-state index contributed by atoms with van der Waals surface area (Å²) in [6, 6.07) is 1.04. The maximum absolute atomic E-state index is 11.7. The van der Waals surface area contributed by atoms with E-state index in [1.165, 1.54) is 25.7 Å². The molecule has 0 bridgehead atoms. The van der Waals surface area contributed by atoms with E-state index in [9.17, 15) is 4.79 Å². The Kier molecular flexibility index (Phi) is 6.27. The summed E-state index contributed by atoms with van der Waals surface area (Å²) in [4.78, 5) is 14.2. The fraction of sp³-hybridized carbons (Fsp3) is 0.933. The number of carbonyl (C=O) groups is 1. The Bertz CT molecular complexity index is 289. The number of nitrogens with zero attached hydrogens (tertiary/aromatic N) is 1. The van der Waals surface area contributed by atoms with Crippen LogP contribution in [-0.2, 0) is 4.79 Å². The largest absolute Gasteiger partial charge is 0.368 e. The summed E-state index contributed by atoms with van der Waals surface area (Å²) in [6.07, 6.45) is 7.03. The third-order valence-electron chi connectivity index (χ3n) is 4.61. The maximum Gasteiger partial charge on any atom is 0.237 e. The third kappa shape index (κ3) is 4.46. The highest BCUT2D eigenvalue weighted by atomic mass is 16.1. The molecule has 19 heavy (non-hydrogen) atoms. The summed E-state index contributed by atoms with van der Waals surface area (Å²) in [5, 5.41) is 3.32. The topological polar surface area (TPSA) is 58.4 Å². The molecule has 0 aliphatic heterocycles. The molecular formula is C15H31N3O. The summed E-state index contributed by atoms with van der Waals surface area (Å²) in [5.41, 5.74) is 5.00. The van der Waals surface area contributed by atoms with E-state index >= 15 is 0 Å². The molecule has 112 valence electrons. The lowest BCUT2D eigenvalue weighted by atomic mass is 9.91. The van der Waals surface area contributed by atoms with Gasteiger partial charge < -0.3 is 16.0 Å². The molecule has 3 N–H and O–H groups in total. The van der Waals surface area contributed by atoms with Gasteiger partial charge in [-0.15, -0.1) is 0 Å². The second-order valence-electron chi connectivity index (χ2n) is 6.28. The molecule has 1 rings (SSSR count). The van der Waals surface area contributed by atoms with E-state index < -0.39 is 5.54 Å². The lowest BCUT2D eigenvalue weighted by molar-refractivity contribution is -0.124. The van der Waals surface area contributed by atoms with Gasteiger partial charge in [-0.2, -0.15) is 0 Å². The lowest BCUT2D eigenvalue weighted by Gasteiger charge is -2.37. The predicted molar refractivity (Wildman–Crippen MR) is 80.0 cm³/mol. The molecule has 0 spiro atoms. The maximum atomic E-state index is 11.7. The van der Waals surface area contributed by atoms with Gasteiger partial charge in [0.25, 0.3) is 0 Å². The Hall–Kier alpha value is -0.610. The van der Waals surface area contributed by atoms with Gasteiger partial charge in [-0.1, -0.05) is 19.8 Å². The molecule has 1 fully saturated rings. The Morgan fingerprint density at radius 3 is 2.53 bits per heavy atom. The molecule has 0 radical (unpaired) electrons. The molecule has 0 aromatic heterocycles. The van der Waals surface area contributed by atoms with Crippen LogP contribution in [0.2, 0.25) is 0 Å². The molecule has 0 aromatic carbocycles. The van der Waals surface area contributed by atoms with Gasteiger partial charge in [-0.05, 0) is 53.1 Å². The van der Waals surface area contributed by atoms with Crippen molar-refractivity contribution >= 4 is 5.91 Å². The minimum atomic E-state index is -0.595. The smallest absolute Gasteiger partial charge is 0.237 e. The van der Waals surface area contributed by atoms with Crippen molar-refractivity contribution < 1.29 is 4.79 Å². The summed E-state index contributed by atoms with van der Waals surface area (Å²) in [7, 11) is 2.18. The van der Waals surface area contributed by atoms with Crippen LogP contribution < -0.4 is 11.1 Å². The zero-order chi connectivity index (χ0) is 14.5. The van der Waals surface area contributed by atoms with Crippen molar-refractivity contribution in [2.45, 2.75) is 76.9 Å². The molecule has 2 unspecified atom stereocenters. The van der Waals surface area contributed by atoms with Crippen LogP contribution in [0.4, 0.5) is 0 Å². The van der Waals surface area contributed by atoms with Crippen molar-refractivity contribution in [3.63, 3.8) is 0 Å². The Balaban J connectivity index is 2.59. The fourth-order valence-corrected chi connectivity index (χ4v) is 3.07. The molecular weight excluding hydrogens is 238 g/mol.